The van der Waals surface area contributed by atoms with Crippen molar-refractivity contribution in [3.63, 3.8) is 0 Å². The number of rotatable bonds is 7. The Bertz CT molecular complexity index is 126. The van der Waals surface area contributed by atoms with Crippen LogP contribution in [0.15, 0.2) is 0 Å². The minimum atomic E-state index is -1.41. The Morgan fingerprint density at radius 2 is 1.92 bits per heavy atom. The van der Waals surface area contributed by atoms with Gasteiger partial charge in [0, 0.05) is 0 Å². The van der Waals surface area contributed by atoms with Gasteiger partial charge in [0.1, 0.15) is 6.61 Å². The van der Waals surface area contributed by atoms with Gasteiger partial charge in [-0.25, -0.2) is 0 Å². The summed E-state index contributed by atoms with van der Waals surface area (Å²) in [5, 5.41) is 0. The summed E-state index contributed by atoms with van der Waals surface area (Å²) in [6.45, 7) is 6.86. The van der Waals surface area contributed by atoms with Gasteiger partial charge in [0.05, 0.1) is 0 Å². The average Bonchev–Trinajstić information content (AvgIpc) is 2.10. The van der Waals surface area contributed by atoms with Gasteiger partial charge in [0.2, 0.25) is 0 Å². The highest BCUT2D eigenvalue weighted by Gasteiger charge is 2.29. The summed E-state index contributed by atoms with van der Waals surface area (Å²) in [5.41, 5.74) is 0.275. The van der Waals surface area contributed by atoms with E-state index in [1.54, 1.807) is 0 Å². The fourth-order valence-electron chi connectivity index (χ4n) is 1.08. The molecule has 0 aromatic carbocycles. The molecule has 0 aliphatic heterocycles. The standard InChI is InChI=1S/C9H20O2P/c1-4-7-9(6-3)12(10)11-8-5-2/h9H,4-8H2,1-3H3/q+1. The maximum absolute atomic E-state index is 11.4. The molecule has 72 valence electrons. The van der Waals surface area contributed by atoms with E-state index >= 15 is 0 Å². The van der Waals surface area contributed by atoms with E-state index in [2.05, 4.69) is 13.8 Å². The van der Waals surface area contributed by atoms with Crippen LogP contribution in [0.2, 0.25) is 0 Å². The third-order valence-corrected chi connectivity index (χ3v) is 3.47. The number of hydrogen-bond donors (Lipinski definition) is 0. The van der Waals surface area contributed by atoms with Gasteiger partial charge in [0.15, 0.2) is 5.66 Å². The lowest BCUT2D eigenvalue weighted by molar-refractivity contribution is 0.320. The molecule has 0 aromatic heterocycles. The lowest BCUT2D eigenvalue weighted by atomic mass is 10.2. The Labute approximate surface area is 76.6 Å². The summed E-state index contributed by atoms with van der Waals surface area (Å²) >= 11 is 0. The van der Waals surface area contributed by atoms with Crippen LogP contribution in [0.3, 0.4) is 0 Å². The van der Waals surface area contributed by atoms with Gasteiger partial charge >= 0.3 is 8.03 Å². The van der Waals surface area contributed by atoms with Crippen molar-refractivity contribution in [2.24, 2.45) is 0 Å². The lowest BCUT2D eigenvalue weighted by Gasteiger charge is -1.99. The first-order valence-electron chi connectivity index (χ1n) is 4.85. The van der Waals surface area contributed by atoms with Gasteiger partial charge in [-0.1, -0.05) is 27.2 Å². The smallest absolute Gasteiger partial charge is 0.146 e. The van der Waals surface area contributed by atoms with E-state index in [0.717, 1.165) is 25.7 Å². The molecule has 2 atom stereocenters. The van der Waals surface area contributed by atoms with Crippen molar-refractivity contribution in [3.05, 3.63) is 0 Å². The minimum Gasteiger partial charge on any atom is -0.146 e. The Balaban J connectivity index is 3.69. The van der Waals surface area contributed by atoms with Crippen LogP contribution in [0.5, 0.6) is 0 Å². The second-order valence-corrected chi connectivity index (χ2v) is 4.53. The van der Waals surface area contributed by atoms with Gasteiger partial charge in [-0.15, -0.1) is 4.52 Å². The maximum atomic E-state index is 11.4. The van der Waals surface area contributed by atoms with E-state index in [1.807, 2.05) is 6.92 Å². The SMILES string of the molecule is CCCO[P+](=O)C(CC)CCC. The number of hydrogen-bond acceptors (Lipinski definition) is 2. The lowest BCUT2D eigenvalue weighted by Crippen LogP contribution is -2.01. The van der Waals surface area contributed by atoms with Crippen LogP contribution in [0, 0.1) is 0 Å². The summed E-state index contributed by atoms with van der Waals surface area (Å²) in [6, 6.07) is 0. The van der Waals surface area contributed by atoms with Crippen molar-refractivity contribution >= 4 is 8.03 Å². The monoisotopic (exact) mass is 191 g/mol. The minimum absolute atomic E-state index is 0.275. The summed E-state index contributed by atoms with van der Waals surface area (Å²) in [6.07, 6.45) is 4.03. The fraction of sp³-hybridized carbons (Fsp3) is 1.00. The first-order chi connectivity index (χ1) is 5.76. The van der Waals surface area contributed by atoms with Crippen molar-refractivity contribution in [2.45, 2.75) is 52.1 Å². The van der Waals surface area contributed by atoms with Gasteiger partial charge < -0.3 is 0 Å². The van der Waals surface area contributed by atoms with Gasteiger partial charge in [0.25, 0.3) is 0 Å². The molecular weight excluding hydrogens is 171 g/mol. The molecule has 12 heavy (non-hydrogen) atoms. The average molecular weight is 191 g/mol. The third kappa shape index (κ3) is 4.84. The highest BCUT2D eigenvalue weighted by Crippen LogP contribution is 2.34. The quantitative estimate of drug-likeness (QED) is 0.573. The molecule has 0 aromatic rings. The Hall–Kier alpha value is 0.0600. The zero-order valence-corrected chi connectivity index (χ0v) is 9.27. The highest BCUT2D eigenvalue weighted by molar-refractivity contribution is 7.40. The van der Waals surface area contributed by atoms with E-state index in [1.165, 1.54) is 0 Å². The summed E-state index contributed by atoms with van der Waals surface area (Å²) in [7, 11) is -1.41. The molecule has 0 rings (SSSR count). The summed E-state index contributed by atoms with van der Waals surface area (Å²) in [4.78, 5) is 0. The van der Waals surface area contributed by atoms with Crippen LogP contribution < -0.4 is 0 Å². The van der Waals surface area contributed by atoms with E-state index < -0.39 is 8.03 Å². The van der Waals surface area contributed by atoms with Crippen molar-refractivity contribution in [3.8, 4) is 0 Å². The Morgan fingerprint density at radius 1 is 1.25 bits per heavy atom. The molecule has 0 spiro atoms. The summed E-state index contributed by atoms with van der Waals surface area (Å²) < 4.78 is 16.7. The molecule has 3 heteroatoms. The Kier molecular flexibility index (Phi) is 7.73. The third-order valence-electron chi connectivity index (χ3n) is 1.81. The van der Waals surface area contributed by atoms with E-state index in [-0.39, 0.29) is 5.66 Å². The van der Waals surface area contributed by atoms with Crippen LogP contribution in [0.1, 0.15) is 46.5 Å². The molecule has 0 amide bonds. The van der Waals surface area contributed by atoms with Crippen LogP contribution in [0.4, 0.5) is 0 Å². The molecule has 0 saturated carbocycles. The Morgan fingerprint density at radius 3 is 2.33 bits per heavy atom. The largest absolute Gasteiger partial charge is 0.511 e. The second kappa shape index (κ2) is 7.70. The van der Waals surface area contributed by atoms with E-state index in [0.29, 0.717) is 6.61 Å². The van der Waals surface area contributed by atoms with Gasteiger partial charge in [-0.05, 0) is 23.8 Å². The van der Waals surface area contributed by atoms with Crippen molar-refractivity contribution in [2.75, 3.05) is 6.61 Å². The van der Waals surface area contributed by atoms with Crippen molar-refractivity contribution in [1.29, 1.82) is 0 Å². The first-order valence-corrected chi connectivity index (χ1v) is 6.10. The molecule has 0 fully saturated rings. The highest BCUT2D eigenvalue weighted by atomic mass is 31.1. The molecule has 0 heterocycles. The predicted octanol–water partition coefficient (Wildman–Crippen LogP) is 3.73. The molecule has 0 aliphatic carbocycles. The van der Waals surface area contributed by atoms with Crippen LogP contribution >= 0.6 is 8.03 Å². The predicted molar refractivity (Wildman–Crippen MR) is 52.8 cm³/mol. The molecular formula is C9H20O2P+. The van der Waals surface area contributed by atoms with Gasteiger partial charge in [-0.2, -0.15) is 0 Å². The van der Waals surface area contributed by atoms with Crippen molar-refractivity contribution in [1.82, 2.24) is 0 Å². The summed E-state index contributed by atoms with van der Waals surface area (Å²) in [5.74, 6) is 0. The second-order valence-electron chi connectivity index (χ2n) is 2.97. The van der Waals surface area contributed by atoms with Crippen molar-refractivity contribution < 1.29 is 9.09 Å². The van der Waals surface area contributed by atoms with E-state index in [9.17, 15) is 4.57 Å². The zero-order chi connectivity index (χ0) is 9.40. The molecule has 0 N–H and O–H groups in total. The van der Waals surface area contributed by atoms with E-state index in [4.69, 9.17) is 4.52 Å². The first kappa shape index (κ1) is 12.1. The van der Waals surface area contributed by atoms with Crippen LogP contribution in [-0.4, -0.2) is 12.3 Å². The molecule has 0 radical (unpaired) electrons. The normalized spacial score (nSPS) is 14.4. The topological polar surface area (TPSA) is 26.3 Å². The van der Waals surface area contributed by atoms with Crippen LogP contribution in [0.25, 0.3) is 0 Å². The molecule has 2 unspecified atom stereocenters. The molecule has 2 nitrogen and oxygen atoms in total. The maximum Gasteiger partial charge on any atom is 0.511 e. The molecule has 0 aliphatic rings. The zero-order valence-electron chi connectivity index (χ0n) is 8.38. The van der Waals surface area contributed by atoms with Crippen LogP contribution in [-0.2, 0) is 9.09 Å². The van der Waals surface area contributed by atoms with Gasteiger partial charge in [-0.3, -0.25) is 0 Å². The fourth-order valence-corrected chi connectivity index (χ4v) is 2.42. The molecule has 0 bridgehead atoms. The molecule has 0 saturated heterocycles.